The van der Waals surface area contributed by atoms with Gasteiger partial charge in [0.15, 0.2) is 0 Å². The lowest BCUT2D eigenvalue weighted by Gasteiger charge is -2.19. The molecule has 1 heterocycles. The number of aromatic nitrogens is 2. The second-order valence-electron chi connectivity index (χ2n) is 6.60. The first-order valence-electron chi connectivity index (χ1n) is 7.21. The number of benzene rings is 1. The third-order valence-electron chi connectivity index (χ3n) is 3.48. The van der Waals surface area contributed by atoms with E-state index in [4.69, 9.17) is 5.73 Å². The van der Waals surface area contributed by atoms with E-state index in [1.54, 1.807) is 0 Å². The van der Waals surface area contributed by atoms with Gasteiger partial charge in [0.1, 0.15) is 5.82 Å². The Kier molecular flexibility index (Phi) is 4.29. The summed E-state index contributed by atoms with van der Waals surface area (Å²) in [5, 5.41) is 0. The quantitative estimate of drug-likeness (QED) is 0.928. The Hall–Kier alpha value is -1.61. The van der Waals surface area contributed by atoms with E-state index < -0.39 is 0 Å². The summed E-state index contributed by atoms with van der Waals surface area (Å²) in [6.45, 7) is 9.57. The molecule has 0 spiro atoms. The van der Waals surface area contributed by atoms with Crippen molar-refractivity contribution < 1.29 is 0 Å². The maximum Gasteiger partial charge on any atom is 0.110 e. The zero-order chi connectivity index (χ0) is 14.8. The van der Waals surface area contributed by atoms with Gasteiger partial charge in [0.05, 0.1) is 0 Å². The van der Waals surface area contributed by atoms with E-state index in [1.807, 2.05) is 19.3 Å². The minimum absolute atomic E-state index is 0.138. The molecular weight excluding hydrogens is 246 g/mol. The summed E-state index contributed by atoms with van der Waals surface area (Å²) in [6.07, 6.45) is 4.68. The van der Waals surface area contributed by atoms with Crippen molar-refractivity contribution in [1.29, 1.82) is 0 Å². The summed E-state index contributed by atoms with van der Waals surface area (Å²) in [5.41, 5.74) is 8.72. The van der Waals surface area contributed by atoms with Gasteiger partial charge in [0, 0.05) is 31.4 Å². The van der Waals surface area contributed by atoms with E-state index in [2.05, 4.69) is 54.6 Å². The van der Waals surface area contributed by atoms with Crippen LogP contribution in [0, 0.1) is 0 Å². The maximum atomic E-state index is 5.86. The highest BCUT2D eigenvalue weighted by molar-refractivity contribution is 5.27. The summed E-state index contributed by atoms with van der Waals surface area (Å²) in [5.74, 6) is 1.06. The minimum Gasteiger partial charge on any atom is -0.330 e. The lowest BCUT2D eigenvalue weighted by atomic mass is 9.87. The molecule has 2 aromatic rings. The highest BCUT2D eigenvalue weighted by Gasteiger charge is 2.13. The van der Waals surface area contributed by atoms with Gasteiger partial charge in [-0.15, -0.1) is 0 Å². The summed E-state index contributed by atoms with van der Waals surface area (Å²) >= 11 is 0. The third kappa shape index (κ3) is 3.70. The summed E-state index contributed by atoms with van der Waals surface area (Å²) in [4.78, 5) is 4.39. The van der Waals surface area contributed by atoms with Crippen LogP contribution in [0.4, 0.5) is 0 Å². The zero-order valence-corrected chi connectivity index (χ0v) is 12.9. The molecule has 1 aromatic carbocycles. The molecule has 0 amide bonds. The fourth-order valence-corrected chi connectivity index (χ4v) is 2.27. The van der Waals surface area contributed by atoms with E-state index in [0.29, 0.717) is 0 Å². The molecule has 1 atom stereocenters. The number of hydrogen-bond donors (Lipinski definition) is 1. The van der Waals surface area contributed by atoms with Crippen LogP contribution in [0.15, 0.2) is 36.7 Å². The number of nitrogens with zero attached hydrogens (tertiary/aromatic N) is 2. The lowest BCUT2D eigenvalue weighted by Crippen LogP contribution is -2.20. The molecule has 1 aromatic heterocycles. The molecule has 0 aliphatic carbocycles. The molecule has 108 valence electrons. The van der Waals surface area contributed by atoms with Gasteiger partial charge in [0.2, 0.25) is 0 Å². The van der Waals surface area contributed by atoms with E-state index in [0.717, 1.165) is 18.8 Å². The Bertz CT molecular complexity index is 544. The maximum absolute atomic E-state index is 5.86. The second kappa shape index (κ2) is 5.80. The van der Waals surface area contributed by atoms with Crippen LogP contribution in [0.1, 0.15) is 44.6 Å². The van der Waals surface area contributed by atoms with Crippen molar-refractivity contribution in [3.63, 3.8) is 0 Å². The molecule has 0 radical (unpaired) electrons. The van der Waals surface area contributed by atoms with E-state index in [-0.39, 0.29) is 11.5 Å². The van der Waals surface area contributed by atoms with Gasteiger partial charge in [-0.05, 0) is 23.5 Å². The molecule has 0 fully saturated rings. The van der Waals surface area contributed by atoms with Gasteiger partial charge in [-0.2, -0.15) is 0 Å². The van der Waals surface area contributed by atoms with Crippen molar-refractivity contribution >= 4 is 0 Å². The van der Waals surface area contributed by atoms with Crippen molar-refractivity contribution in [2.24, 2.45) is 5.73 Å². The van der Waals surface area contributed by atoms with Crippen LogP contribution in [0.3, 0.4) is 0 Å². The van der Waals surface area contributed by atoms with Gasteiger partial charge in [-0.25, -0.2) is 4.98 Å². The van der Waals surface area contributed by atoms with Gasteiger partial charge >= 0.3 is 0 Å². The summed E-state index contributed by atoms with van der Waals surface area (Å²) < 4.78 is 2.18. The number of hydrogen-bond acceptors (Lipinski definition) is 2. The number of nitrogens with two attached hydrogens (primary N) is 1. The molecule has 3 nitrogen and oxygen atoms in total. The minimum atomic E-state index is 0.138. The molecule has 1 unspecified atom stereocenters. The Morgan fingerprint density at radius 1 is 1.20 bits per heavy atom. The molecule has 2 rings (SSSR count). The van der Waals surface area contributed by atoms with Gasteiger partial charge < -0.3 is 10.3 Å². The SMILES string of the molecule is CC(N)Cc1nccn1Cc1ccc(C(C)(C)C)cc1. The lowest BCUT2D eigenvalue weighted by molar-refractivity contribution is 0.589. The topological polar surface area (TPSA) is 43.8 Å². The first-order chi connectivity index (χ1) is 9.36. The number of imidazole rings is 1. The van der Waals surface area contributed by atoms with Crippen LogP contribution in [0.25, 0.3) is 0 Å². The molecule has 0 saturated carbocycles. The van der Waals surface area contributed by atoms with Crippen LogP contribution in [0.2, 0.25) is 0 Å². The monoisotopic (exact) mass is 271 g/mol. The van der Waals surface area contributed by atoms with Gasteiger partial charge in [-0.3, -0.25) is 0 Å². The van der Waals surface area contributed by atoms with Crippen molar-refractivity contribution in [1.82, 2.24) is 9.55 Å². The fraction of sp³-hybridized carbons (Fsp3) is 0.471. The third-order valence-corrected chi connectivity index (χ3v) is 3.48. The first-order valence-corrected chi connectivity index (χ1v) is 7.21. The molecule has 0 aliphatic heterocycles. The van der Waals surface area contributed by atoms with Gasteiger partial charge in [0.25, 0.3) is 0 Å². The fourth-order valence-electron chi connectivity index (χ4n) is 2.27. The smallest absolute Gasteiger partial charge is 0.110 e. The van der Waals surface area contributed by atoms with Crippen LogP contribution >= 0.6 is 0 Å². The molecule has 0 aliphatic rings. The van der Waals surface area contributed by atoms with E-state index in [9.17, 15) is 0 Å². The predicted molar refractivity (Wildman–Crippen MR) is 83.8 cm³/mol. The Balaban J connectivity index is 2.13. The zero-order valence-electron chi connectivity index (χ0n) is 12.9. The van der Waals surface area contributed by atoms with E-state index in [1.165, 1.54) is 11.1 Å². The average molecular weight is 271 g/mol. The Morgan fingerprint density at radius 3 is 2.40 bits per heavy atom. The second-order valence-corrected chi connectivity index (χ2v) is 6.60. The van der Waals surface area contributed by atoms with Crippen molar-refractivity contribution in [2.45, 2.75) is 52.1 Å². The normalized spacial score (nSPS) is 13.4. The Labute approximate surface area is 121 Å². The molecule has 0 saturated heterocycles. The Morgan fingerprint density at radius 2 is 1.85 bits per heavy atom. The highest BCUT2D eigenvalue weighted by atomic mass is 15.1. The summed E-state index contributed by atoms with van der Waals surface area (Å²) in [6, 6.07) is 8.99. The van der Waals surface area contributed by atoms with Crippen LogP contribution in [-0.2, 0) is 18.4 Å². The average Bonchev–Trinajstić information content (AvgIpc) is 2.75. The first kappa shape index (κ1) is 14.8. The summed E-state index contributed by atoms with van der Waals surface area (Å²) in [7, 11) is 0. The van der Waals surface area contributed by atoms with Crippen molar-refractivity contribution in [3.8, 4) is 0 Å². The van der Waals surface area contributed by atoms with Crippen molar-refractivity contribution in [3.05, 3.63) is 53.6 Å². The number of rotatable bonds is 4. The molecule has 20 heavy (non-hydrogen) atoms. The van der Waals surface area contributed by atoms with Crippen LogP contribution < -0.4 is 5.73 Å². The molecular formula is C17H25N3. The highest BCUT2D eigenvalue weighted by Crippen LogP contribution is 2.22. The molecule has 0 bridgehead atoms. The molecule has 2 N–H and O–H groups in total. The van der Waals surface area contributed by atoms with Gasteiger partial charge in [-0.1, -0.05) is 45.0 Å². The molecule has 3 heteroatoms. The van der Waals surface area contributed by atoms with Crippen molar-refractivity contribution in [2.75, 3.05) is 0 Å². The standard InChI is InChI=1S/C17H25N3/c1-13(18)11-16-19-9-10-20(16)12-14-5-7-15(8-6-14)17(2,3)4/h5-10,13H,11-12,18H2,1-4H3. The largest absolute Gasteiger partial charge is 0.330 e. The van der Waals surface area contributed by atoms with Crippen LogP contribution in [0.5, 0.6) is 0 Å². The van der Waals surface area contributed by atoms with E-state index >= 15 is 0 Å². The predicted octanol–water partition coefficient (Wildman–Crippen LogP) is 3.12. The van der Waals surface area contributed by atoms with Crippen LogP contribution in [-0.4, -0.2) is 15.6 Å².